The Balaban J connectivity index is 1.31. The van der Waals surface area contributed by atoms with Gasteiger partial charge in [0.1, 0.15) is 0 Å². The zero-order chi connectivity index (χ0) is 20.4. The minimum Gasteiger partial charge on any atom is -0.368 e. The average molecular weight is 392 g/mol. The summed E-state index contributed by atoms with van der Waals surface area (Å²) in [5.74, 6) is -0.236. The highest BCUT2D eigenvalue weighted by molar-refractivity contribution is 6.00. The summed E-state index contributed by atoms with van der Waals surface area (Å²) < 4.78 is 0. The number of anilines is 2. The maximum Gasteiger partial charge on any atom is 0.228 e. The summed E-state index contributed by atoms with van der Waals surface area (Å²) in [6.07, 6.45) is 1.53. The molecule has 1 aliphatic carbocycles. The number of aryl methyl sites for hydroxylation is 2. The molecule has 0 spiro atoms. The standard InChI is InChI=1S/C24H29N3O2/c1-3-18-9-7-8-17(2)22(18)25-23(28)20-16-21(20)24(29)27-14-12-26(13-15-27)19-10-5-4-6-11-19/h4-11,20-21H,3,12-16H2,1-2H3,(H,25,28). The molecule has 5 heteroatoms. The highest BCUT2D eigenvalue weighted by atomic mass is 16.2. The number of carbonyl (C=O) groups excluding carboxylic acids is 2. The van der Waals surface area contributed by atoms with Crippen molar-refractivity contribution in [2.75, 3.05) is 36.4 Å². The molecular formula is C24H29N3O2. The van der Waals surface area contributed by atoms with Gasteiger partial charge >= 0.3 is 0 Å². The number of para-hydroxylation sites is 2. The Morgan fingerprint density at radius 2 is 1.69 bits per heavy atom. The molecule has 0 bridgehead atoms. The molecule has 2 unspecified atom stereocenters. The Kier molecular flexibility index (Phi) is 5.56. The normalized spacial score (nSPS) is 21.0. The molecule has 1 aliphatic heterocycles. The molecule has 4 rings (SSSR count). The fourth-order valence-electron chi connectivity index (χ4n) is 4.23. The number of benzene rings is 2. The van der Waals surface area contributed by atoms with Crippen LogP contribution in [0.2, 0.25) is 0 Å². The van der Waals surface area contributed by atoms with Gasteiger partial charge in [0.25, 0.3) is 0 Å². The first-order chi connectivity index (χ1) is 14.1. The van der Waals surface area contributed by atoms with Crippen LogP contribution in [-0.4, -0.2) is 42.9 Å². The molecule has 152 valence electrons. The van der Waals surface area contributed by atoms with E-state index in [1.54, 1.807) is 0 Å². The molecule has 0 radical (unpaired) electrons. The average Bonchev–Trinajstić information content (AvgIpc) is 3.56. The van der Waals surface area contributed by atoms with Gasteiger partial charge in [-0.15, -0.1) is 0 Å². The number of nitrogens with one attached hydrogen (secondary N) is 1. The Hall–Kier alpha value is -2.82. The van der Waals surface area contributed by atoms with Crippen molar-refractivity contribution in [3.8, 4) is 0 Å². The lowest BCUT2D eigenvalue weighted by molar-refractivity contribution is -0.134. The van der Waals surface area contributed by atoms with Crippen LogP contribution in [-0.2, 0) is 16.0 Å². The number of rotatable bonds is 5. The highest BCUT2D eigenvalue weighted by Crippen LogP contribution is 2.41. The van der Waals surface area contributed by atoms with Crippen molar-refractivity contribution in [2.45, 2.75) is 26.7 Å². The van der Waals surface area contributed by atoms with Gasteiger partial charge in [-0.1, -0.05) is 43.3 Å². The van der Waals surface area contributed by atoms with Crippen LogP contribution in [0.5, 0.6) is 0 Å². The van der Waals surface area contributed by atoms with Crippen LogP contribution in [0.1, 0.15) is 24.5 Å². The Labute approximate surface area is 172 Å². The van der Waals surface area contributed by atoms with Crippen LogP contribution in [0, 0.1) is 18.8 Å². The van der Waals surface area contributed by atoms with Gasteiger partial charge in [0.05, 0.1) is 11.8 Å². The molecule has 2 atom stereocenters. The Morgan fingerprint density at radius 3 is 2.38 bits per heavy atom. The van der Waals surface area contributed by atoms with E-state index in [1.165, 1.54) is 5.69 Å². The molecule has 29 heavy (non-hydrogen) atoms. The number of hydrogen-bond acceptors (Lipinski definition) is 3. The first-order valence-corrected chi connectivity index (χ1v) is 10.6. The lowest BCUT2D eigenvalue weighted by atomic mass is 10.1. The maximum absolute atomic E-state index is 12.9. The van der Waals surface area contributed by atoms with E-state index in [2.05, 4.69) is 29.3 Å². The van der Waals surface area contributed by atoms with Crippen molar-refractivity contribution < 1.29 is 9.59 Å². The predicted molar refractivity (Wildman–Crippen MR) is 116 cm³/mol. The van der Waals surface area contributed by atoms with Gasteiger partial charge in [-0.3, -0.25) is 9.59 Å². The minimum atomic E-state index is -0.195. The molecule has 0 aromatic heterocycles. The number of carbonyl (C=O) groups is 2. The van der Waals surface area contributed by atoms with E-state index in [1.807, 2.05) is 48.2 Å². The van der Waals surface area contributed by atoms with Crippen LogP contribution in [0.3, 0.4) is 0 Å². The van der Waals surface area contributed by atoms with Crippen molar-refractivity contribution in [1.82, 2.24) is 4.90 Å². The molecule has 1 saturated heterocycles. The fraction of sp³-hybridized carbons (Fsp3) is 0.417. The number of hydrogen-bond donors (Lipinski definition) is 1. The molecular weight excluding hydrogens is 362 g/mol. The summed E-state index contributed by atoms with van der Waals surface area (Å²) in [4.78, 5) is 29.9. The quantitative estimate of drug-likeness (QED) is 0.849. The SMILES string of the molecule is CCc1cccc(C)c1NC(=O)C1CC1C(=O)N1CCN(c2ccccc2)CC1. The molecule has 1 saturated carbocycles. The first kappa shape index (κ1) is 19.5. The van der Waals surface area contributed by atoms with Crippen LogP contribution in [0.25, 0.3) is 0 Å². The summed E-state index contributed by atoms with van der Waals surface area (Å²) in [6, 6.07) is 16.4. The summed E-state index contributed by atoms with van der Waals surface area (Å²) >= 11 is 0. The minimum absolute atomic E-state index is 0.0183. The van der Waals surface area contributed by atoms with E-state index in [0.29, 0.717) is 6.42 Å². The van der Waals surface area contributed by atoms with Crippen LogP contribution in [0.4, 0.5) is 11.4 Å². The summed E-state index contributed by atoms with van der Waals surface area (Å²) in [5.41, 5.74) is 4.32. The van der Waals surface area contributed by atoms with E-state index in [4.69, 9.17) is 0 Å². The fourth-order valence-corrected chi connectivity index (χ4v) is 4.23. The number of amides is 2. The molecule has 2 fully saturated rings. The number of piperazine rings is 1. The Morgan fingerprint density at radius 1 is 0.966 bits per heavy atom. The van der Waals surface area contributed by atoms with Crippen molar-refractivity contribution in [3.05, 3.63) is 59.7 Å². The van der Waals surface area contributed by atoms with Crippen molar-refractivity contribution in [3.63, 3.8) is 0 Å². The largest absolute Gasteiger partial charge is 0.368 e. The zero-order valence-electron chi connectivity index (χ0n) is 17.2. The topological polar surface area (TPSA) is 52.7 Å². The van der Waals surface area contributed by atoms with E-state index in [0.717, 1.165) is 49.4 Å². The Bertz CT molecular complexity index is 888. The smallest absolute Gasteiger partial charge is 0.228 e. The predicted octanol–water partition coefficient (Wildman–Crippen LogP) is 3.48. The molecule has 2 aromatic rings. The summed E-state index contributed by atoms with van der Waals surface area (Å²) in [7, 11) is 0. The lowest BCUT2D eigenvalue weighted by Crippen LogP contribution is -2.49. The zero-order valence-corrected chi connectivity index (χ0v) is 17.2. The third kappa shape index (κ3) is 4.14. The van der Waals surface area contributed by atoms with Gasteiger partial charge in [0, 0.05) is 37.6 Å². The molecule has 1 heterocycles. The van der Waals surface area contributed by atoms with Crippen molar-refractivity contribution in [1.29, 1.82) is 0 Å². The second-order valence-corrected chi connectivity index (χ2v) is 8.05. The third-order valence-corrected chi connectivity index (χ3v) is 6.15. The summed E-state index contributed by atoms with van der Waals surface area (Å²) in [6.45, 7) is 7.21. The highest BCUT2D eigenvalue weighted by Gasteiger charge is 2.49. The summed E-state index contributed by atoms with van der Waals surface area (Å²) in [5, 5.41) is 3.09. The van der Waals surface area contributed by atoms with Gasteiger partial charge in [-0.25, -0.2) is 0 Å². The van der Waals surface area contributed by atoms with E-state index >= 15 is 0 Å². The molecule has 5 nitrogen and oxygen atoms in total. The maximum atomic E-state index is 12.9. The third-order valence-electron chi connectivity index (χ3n) is 6.15. The van der Waals surface area contributed by atoms with Crippen LogP contribution < -0.4 is 10.2 Å². The lowest BCUT2D eigenvalue weighted by Gasteiger charge is -2.36. The molecule has 2 aromatic carbocycles. The van der Waals surface area contributed by atoms with Gasteiger partial charge in [-0.2, -0.15) is 0 Å². The van der Waals surface area contributed by atoms with E-state index in [9.17, 15) is 9.59 Å². The number of nitrogens with zero attached hydrogens (tertiary/aromatic N) is 2. The molecule has 1 N–H and O–H groups in total. The van der Waals surface area contributed by atoms with Crippen LogP contribution >= 0.6 is 0 Å². The van der Waals surface area contributed by atoms with Gasteiger partial charge in [-0.05, 0) is 43.0 Å². The molecule has 2 aliphatic rings. The van der Waals surface area contributed by atoms with Crippen LogP contribution in [0.15, 0.2) is 48.5 Å². The van der Waals surface area contributed by atoms with E-state index in [-0.39, 0.29) is 23.7 Å². The van der Waals surface area contributed by atoms with Gasteiger partial charge < -0.3 is 15.1 Å². The monoisotopic (exact) mass is 391 g/mol. The second-order valence-electron chi connectivity index (χ2n) is 8.05. The van der Waals surface area contributed by atoms with E-state index < -0.39 is 0 Å². The molecule has 2 amide bonds. The van der Waals surface area contributed by atoms with Gasteiger partial charge in [0.15, 0.2) is 0 Å². The van der Waals surface area contributed by atoms with Gasteiger partial charge in [0.2, 0.25) is 11.8 Å². The van der Waals surface area contributed by atoms with Crippen molar-refractivity contribution in [2.24, 2.45) is 11.8 Å². The second kappa shape index (κ2) is 8.27. The van der Waals surface area contributed by atoms with Crippen molar-refractivity contribution >= 4 is 23.2 Å². The first-order valence-electron chi connectivity index (χ1n) is 10.6.